The zero-order valence-corrected chi connectivity index (χ0v) is 17.2. The molecule has 0 radical (unpaired) electrons. The van der Waals surface area contributed by atoms with E-state index in [1.807, 2.05) is 19.9 Å². The molecule has 0 saturated carbocycles. The highest BCUT2D eigenvalue weighted by molar-refractivity contribution is 9.10. The highest BCUT2D eigenvalue weighted by Crippen LogP contribution is 2.28. The number of anilines is 1. The Hall–Kier alpha value is -2.06. The summed E-state index contributed by atoms with van der Waals surface area (Å²) in [7, 11) is 1.67. The van der Waals surface area contributed by atoms with Gasteiger partial charge >= 0.3 is 0 Å². The first-order chi connectivity index (χ1) is 12.4. The Kier molecular flexibility index (Phi) is 5.52. The molecule has 0 saturated heterocycles. The molecule has 0 bridgehead atoms. The van der Waals surface area contributed by atoms with Crippen molar-refractivity contribution in [3.8, 4) is 5.69 Å². The first-order valence-corrected chi connectivity index (χ1v) is 9.35. The number of rotatable bonds is 6. The number of ether oxygens (including phenoxy) is 1. The molecule has 0 aliphatic carbocycles. The number of fused-ring (bicyclic) bond motifs is 1. The third kappa shape index (κ3) is 3.71. The monoisotopic (exact) mass is 418 g/mol. The number of hydrogen-bond donors (Lipinski definition) is 1. The lowest BCUT2D eigenvalue weighted by molar-refractivity contribution is 0.190. The van der Waals surface area contributed by atoms with Gasteiger partial charge in [-0.15, -0.1) is 5.10 Å². The first kappa shape index (κ1) is 18.7. The van der Waals surface area contributed by atoms with Crippen molar-refractivity contribution in [3.05, 3.63) is 34.1 Å². The molecule has 2 aromatic heterocycles. The Labute approximate surface area is 161 Å². The van der Waals surface area contributed by atoms with Crippen molar-refractivity contribution >= 4 is 32.9 Å². The van der Waals surface area contributed by atoms with Crippen LogP contribution in [0.4, 0.5) is 5.82 Å². The third-order valence-corrected chi connectivity index (χ3v) is 4.71. The molecular formula is C18H23BrN6O. The quantitative estimate of drug-likeness (QED) is 0.654. The molecule has 0 aliphatic rings. The Balaban J connectivity index is 2.07. The van der Waals surface area contributed by atoms with E-state index in [1.54, 1.807) is 11.8 Å². The van der Waals surface area contributed by atoms with E-state index in [9.17, 15) is 0 Å². The molecule has 0 aliphatic heterocycles. The average Bonchev–Trinajstić information content (AvgIpc) is 2.98. The van der Waals surface area contributed by atoms with Crippen LogP contribution in [-0.4, -0.2) is 44.7 Å². The summed E-state index contributed by atoms with van der Waals surface area (Å²) < 4.78 is 7.88. The molecule has 3 aromatic rings. The van der Waals surface area contributed by atoms with Gasteiger partial charge in [-0.25, -0.2) is 9.97 Å². The van der Waals surface area contributed by atoms with E-state index in [0.29, 0.717) is 35.3 Å². The van der Waals surface area contributed by atoms with Crippen LogP contribution in [0.25, 0.3) is 16.9 Å². The van der Waals surface area contributed by atoms with Crippen LogP contribution >= 0.6 is 15.9 Å². The molecule has 2 heterocycles. The van der Waals surface area contributed by atoms with E-state index in [1.165, 1.54) is 5.56 Å². The van der Waals surface area contributed by atoms with E-state index in [-0.39, 0.29) is 6.04 Å². The second-order valence-corrected chi connectivity index (χ2v) is 7.51. The summed E-state index contributed by atoms with van der Waals surface area (Å²) in [6, 6.07) is 6.35. The van der Waals surface area contributed by atoms with Gasteiger partial charge in [0.05, 0.1) is 12.3 Å². The van der Waals surface area contributed by atoms with Crippen LogP contribution in [0.5, 0.6) is 0 Å². The molecule has 3 rings (SSSR count). The molecule has 1 aromatic carbocycles. The highest BCUT2D eigenvalue weighted by atomic mass is 79.9. The summed E-state index contributed by atoms with van der Waals surface area (Å²) in [4.78, 5) is 9.04. The van der Waals surface area contributed by atoms with Crippen LogP contribution in [-0.2, 0) is 4.74 Å². The second-order valence-electron chi connectivity index (χ2n) is 6.66. The fourth-order valence-electron chi connectivity index (χ4n) is 2.77. The van der Waals surface area contributed by atoms with E-state index < -0.39 is 0 Å². The maximum atomic E-state index is 5.19. The number of methoxy groups -OCH3 is 1. The molecule has 0 amide bonds. The fraction of sp³-hybridized carbons (Fsp3) is 0.444. The number of benzene rings is 1. The third-order valence-electron chi connectivity index (χ3n) is 4.08. The van der Waals surface area contributed by atoms with Gasteiger partial charge in [0.2, 0.25) is 0 Å². The van der Waals surface area contributed by atoms with Gasteiger partial charge in [-0.3, -0.25) is 0 Å². The Morgan fingerprint density at radius 3 is 2.65 bits per heavy atom. The van der Waals surface area contributed by atoms with E-state index in [4.69, 9.17) is 4.74 Å². The van der Waals surface area contributed by atoms with Crippen molar-refractivity contribution in [2.75, 3.05) is 19.0 Å². The van der Waals surface area contributed by atoms with Gasteiger partial charge in [-0.2, -0.15) is 4.68 Å². The summed E-state index contributed by atoms with van der Waals surface area (Å²) in [6.45, 7) is 8.79. The number of nitrogens with zero attached hydrogens (tertiary/aromatic N) is 5. The Morgan fingerprint density at radius 2 is 2.00 bits per heavy atom. The Bertz CT molecular complexity index is 923. The van der Waals surface area contributed by atoms with Crippen molar-refractivity contribution in [3.63, 3.8) is 0 Å². The molecule has 1 atom stereocenters. The lowest BCUT2D eigenvalue weighted by Crippen LogP contribution is -2.22. The standard InChI is InChI=1S/C18H23BrN6O/c1-10(2)13-6-7-15(14(19)8-13)25-18-16(23-24-25)17(21-12(4)22-18)20-11(3)9-26-5/h6-8,10-11H,9H2,1-5H3,(H,20,21,22). The maximum absolute atomic E-state index is 5.19. The van der Waals surface area contributed by atoms with Gasteiger partial charge in [0, 0.05) is 17.6 Å². The summed E-state index contributed by atoms with van der Waals surface area (Å²) >= 11 is 3.66. The second kappa shape index (κ2) is 7.67. The summed E-state index contributed by atoms with van der Waals surface area (Å²) in [5.74, 6) is 1.77. The summed E-state index contributed by atoms with van der Waals surface area (Å²) in [5, 5.41) is 12.0. The minimum Gasteiger partial charge on any atom is -0.383 e. The number of aryl methyl sites for hydroxylation is 1. The topological polar surface area (TPSA) is 77.8 Å². The number of nitrogens with one attached hydrogen (secondary N) is 1. The molecule has 8 heteroatoms. The van der Waals surface area contributed by atoms with Crippen molar-refractivity contribution < 1.29 is 4.74 Å². The zero-order valence-electron chi connectivity index (χ0n) is 15.6. The Morgan fingerprint density at radius 1 is 1.23 bits per heavy atom. The molecule has 1 N–H and O–H groups in total. The van der Waals surface area contributed by atoms with Crippen LogP contribution in [0.2, 0.25) is 0 Å². The molecule has 26 heavy (non-hydrogen) atoms. The molecule has 1 unspecified atom stereocenters. The van der Waals surface area contributed by atoms with Gasteiger partial charge < -0.3 is 10.1 Å². The molecular weight excluding hydrogens is 396 g/mol. The predicted octanol–water partition coefficient (Wildman–Crippen LogP) is 3.85. The zero-order chi connectivity index (χ0) is 18.8. The van der Waals surface area contributed by atoms with Crippen molar-refractivity contribution in [2.24, 2.45) is 0 Å². The number of aromatic nitrogens is 5. The van der Waals surface area contributed by atoms with Crippen molar-refractivity contribution in [1.29, 1.82) is 0 Å². The minimum absolute atomic E-state index is 0.0970. The van der Waals surface area contributed by atoms with E-state index >= 15 is 0 Å². The van der Waals surface area contributed by atoms with Crippen molar-refractivity contribution in [2.45, 2.75) is 39.7 Å². The summed E-state index contributed by atoms with van der Waals surface area (Å²) in [6.07, 6.45) is 0. The fourth-order valence-corrected chi connectivity index (χ4v) is 3.33. The SMILES string of the molecule is COCC(C)Nc1nc(C)nc2c1nnn2-c1ccc(C(C)C)cc1Br. The van der Waals surface area contributed by atoms with Gasteiger partial charge in [0.1, 0.15) is 5.82 Å². The summed E-state index contributed by atoms with van der Waals surface area (Å²) in [5.41, 5.74) is 3.46. The van der Waals surface area contributed by atoms with Crippen LogP contribution < -0.4 is 5.32 Å². The van der Waals surface area contributed by atoms with Crippen LogP contribution in [0.15, 0.2) is 22.7 Å². The molecule has 7 nitrogen and oxygen atoms in total. The van der Waals surface area contributed by atoms with Gasteiger partial charge in [0.25, 0.3) is 0 Å². The molecule has 138 valence electrons. The molecule has 0 fully saturated rings. The smallest absolute Gasteiger partial charge is 0.189 e. The number of hydrogen-bond acceptors (Lipinski definition) is 6. The molecule has 0 spiro atoms. The van der Waals surface area contributed by atoms with Crippen LogP contribution in [0, 0.1) is 6.92 Å². The van der Waals surface area contributed by atoms with E-state index in [2.05, 4.69) is 67.5 Å². The average molecular weight is 419 g/mol. The van der Waals surface area contributed by atoms with E-state index in [0.717, 1.165) is 10.2 Å². The van der Waals surface area contributed by atoms with Crippen LogP contribution in [0.3, 0.4) is 0 Å². The highest BCUT2D eigenvalue weighted by Gasteiger charge is 2.17. The van der Waals surface area contributed by atoms with Gasteiger partial charge in [-0.1, -0.05) is 25.1 Å². The largest absolute Gasteiger partial charge is 0.383 e. The number of halogens is 1. The maximum Gasteiger partial charge on any atom is 0.189 e. The predicted molar refractivity (Wildman–Crippen MR) is 106 cm³/mol. The van der Waals surface area contributed by atoms with Gasteiger partial charge in [-0.05, 0) is 53.4 Å². The lowest BCUT2D eigenvalue weighted by atomic mass is 10.0. The first-order valence-electron chi connectivity index (χ1n) is 8.56. The van der Waals surface area contributed by atoms with Gasteiger partial charge in [0.15, 0.2) is 17.0 Å². The van der Waals surface area contributed by atoms with Crippen molar-refractivity contribution in [1.82, 2.24) is 25.0 Å². The lowest BCUT2D eigenvalue weighted by Gasteiger charge is -2.14. The normalized spacial score (nSPS) is 12.7. The van der Waals surface area contributed by atoms with Crippen LogP contribution in [0.1, 0.15) is 38.1 Å². The minimum atomic E-state index is 0.0970.